The molecule has 0 bridgehead atoms. The van der Waals surface area contributed by atoms with Gasteiger partial charge in [-0.1, -0.05) is 30.3 Å². The molecular formula is C21H17N5. The van der Waals surface area contributed by atoms with Gasteiger partial charge in [0.25, 0.3) is 0 Å². The molecule has 5 nitrogen and oxygen atoms in total. The van der Waals surface area contributed by atoms with Crippen LogP contribution in [0.3, 0.4) is 0 Å². The first-order chi connectivity index (χ1) is 12.7. The minimum atomic E-state index is 0.716. The molecule has 2 aromatic heterocycles. The molecular weight excluding hydrogens is 322 g/mol. The van der Waals surface area contributed by atoms with Gasteiger partial charge in [0.05, 0.1) is 22.1 Å². The highest BCUT2D eigenvalue weighted by atomic mass is 14.9. The van der Waals surface area contributed by atoms with Gasteiger partial charge < -0.3 is 15.7 Å². The van der Waals surface area contributed by atoms with Crippen molar-refractivity contribution in [3.63, 3.8) is 0 Å². The number of nitrogens with two attached hydrogens (primary N) is 1. The highest BCUT2D eigenvalue weighted by Gasteiger charge is 2.14. The van der Waals surface area contributed by atoms with E-state index in [2.05, 4.69) is 41.2 Å². The number of H-pyrrole nitrogens is 2. The topological polar surface area (TPSA) is 83.4 Å². The summed E-state index contributed by atoms with van der Waals surface area (Å²) in [6.45, 7) is 2.08. The first kappa shape index (κ1) is 14.7. The Labute approximate surface area is 149 Å². The molecule has 0 fully saturated rings. The Morgan fingerprint density at radius 1 is 0.731 bits per heavy atom. The van der Waals surface area contributed by atoms with Crippen molar-refractivity contribution in [2.75, 3.05) is 5.73 Å². The van der Waals surface area contributed by atoms with Crippen LogP contribution >= 0.6 is 0 Å². The van der Waals surface area contributed by atoms with Gasteiger partial charge in [-0.2, -0.15) is 0 Å². The highest BCUT2D eigenvalue weighted by Crippen LogP contribution is 2.31. The SMILES string of the molecule is Cc1ccc2nc(-c3ccccc3-c3nc4ccc(N)cc4[nH]3)[nH]c2c1. The fourth-order valence-electron chi connectivity index (χ4n) is 3.30. The molecule has 126 valence electrons. The quantitative estimate of drug-likeness (QED) is 0.409. The average Bonchev–Trinajstić information content (AvgIpc) is 3.24. The molecule has 26 heavy (non-hydrogen) atoms. The van der Waals surface area contributed by atoms with Crippen molar-refractivity contribution in [3.05, 3.63) is 66.2 Å². The number of fused-ring (bicyclic) bond motifs is 2. The van der Waals surface area contributed by atoms with Gasteiger partial charge in [0.1, 0.15) is 11.6 Å². The third-order valence-electron chi connectivity index (χ3n) is 4.58. The van der Waals surface area contributed by atoms with E-state index in [4.69, 9.17) is 15.7 Å². The zero-order chi connectivity index (χ0) is 17.7. The van der Waals surface area contributed by atoms with Crippen LogP contribution in [-0.4, -0.2) is 19.9 Å². The van der Waals surface area contributed by atoms with Crippen molar-refractivity contribution in [1.82, 2.24) is 19.9 Å². The third-order valence-corrected chi connectivity index (χ3v) is 4.58. The summed E-state index contributed by atoms with van der Waals surface area (Å²) in [7, 11) is 0. The van der Waals surface area contributed by atoms with Crippen LogP contribution in [0.15, 0.2) is 60.7 Å². The fraction of sp³-hybridized carbons (Fsp3) is 0.0476. The lowest BCUT2D eigenvalue weighted by atomic mass is 10.1. The lowest BCUT2D eigenvalue weighted by Crippen LogP contribution is -1.88. The second-order valence-corrected chi connectivity index (χ2v) is 6.51. The van der Waals surface area contributed by atoms with Crippen molar-refractivity contribution in [3.8, 4) is 22.8 Å². The molecule has 0 unspecified atom stereocenters. The third kappa shape index (κ3) is 2.33. The molecule has 4 N–H and O–H groups in total. The molecule has 5 heteroatoms. The normalized spacial score (nSPS) is 11.4. The number of hydrogen-bond donors (Lipinski definition) is 3. The van der Waals surface area contributed by atoms with Crippen LogP contribution in [0.5, 0.6) is 0 Å². The predicted octanol–water partition coefficient (Wildman–Crippen LogP) is 4.66. The minimum absolute atomic E-state index is 0.716. The lowest BCUT2D eigenvalue weighted by molar-refractivity contribution is 1.30. The van der Waals surface area contributed by atoms with E-state index < -0.39 is 0 Å². The summed E-state index contributed by atoms with van der Waals surface area (Å²) in [4.78, 5) is 16.3. The summed E-state index contributed by atoms with van der Waals surface area (Å²) in [5, 5.41) is 0. The number of aromatic nitrogens is 4. The standard InChI is InChI=1S/C21H17N5/c1-12-6-8-16-18(10-12)25-20(23-16)14-4-2-3-5-15(14)21-24-17-9-7-13(22)11-19(17)26-21/h2-11H,22H2,1H3,(H,23,25)(H,24,26). The van der Waals surface area contributed by atoms with Gasteiger partial charge in [-0.05, 0) is 42.8 Å². The van der Waals surface area contributed by atoms with E-state index in [0.29, 0.717) is 5.69 Å². The van der Waals surface area contributed by atoms with Crippen LogP contribution in [0.25, 0.3) is 44.8 Å². The molecule has 5 rings (SSSR count). The zero-order valence-corrected chi connectivity index (χ0v) is 14.2. The Kier molecular flexibility index (Phi) is 3.09. The summed E-state index contributed by atoms with van der Waals surface area (Å²) in [5.41, 5.74) is 13.6. The van der Waals surface area contributed by atoms with Crippen molar-refractivity contribution in [1.29, 1.82) is 0 Å². The number of aromatic amines is 2. The van der Waals surface area contributed by atoms with Gasteiger partial charge in [-0.25, -0.2) is 9.97 Å². The molecule has 0 atom stereocenters. The summed E-state index contributed by atoms with van der Waals surface area (Å²) in [6.07, 6.45) is 0. The number of imidazole rings is 2. The first-order valence-electron chi connectivity index (χ1n) is 8.49. The highest BCUT2D eigenvalue weighted by molar-refractivity contribution is 5.88. The second-order valence-electron chi connectivity index (χ2n) is 6.51. The number of nitrogens with zero attached hydrogens (tertiary/aromatic N) is 2. The molecule has 0 aliphatic rings. The summed E-state index contributed by atoms with van der Waals surface area (Å²) >= 11 is 0. The van der Waals surface area contributed by atoms with Gasteiger partial charge in [0, 0.05) is 16.8 Å². The number of anilines is 1. The number of rotatable bonds is 2. The van der Waals surface area contributed by atoms with Gasteiger partial charge in [-0.15, -0.1) is 0 Å². The minimum Gasteiger partial charge on any atom is -0.399 e. The largest absolute Gasteiger partial charge is 0.399 e. The molecule has 2 heterocycles. The van der Waals surface area contributed by atoms with Crippen molar-refractivity contribution >= 4 is 27.8 Å². The summed E-state index contributed by atoms with van der Waals surface area (Å²) < 4.78 is 0. The van der Waals surface area contributed by atoms with Crippen LogP contribution in [0.1, 0.15) is 5.56 Å². The smallest absolute Gasteiger partial charge is 0.139 e. The number of nitrogens with one attached hydrogen (secondary N) is 2. The first-order valence-corrected chi connectivity index (χ1v) is 8.49. The Morgan fingerprint density at radius 2 is 1.31 bits per heavy atom. The number of hydrogen-bond acceptors (Lipinski definition) is 3. The zero-order valence-electron chi connectivity index (χ0n) is 14.2. The maximum atomic E-state index is 5.89. The molecule has 0 saturated heterocycles. The van der Waals surface area contributed by atoms with Crippen LogP contribution < -0.4 is 5.73 Å². The Hall–Kier alpha value is -3.60. The van der Waals surface area contributed by atoms with Gasteiger partial charge in [0.15, 0.2) is 0 Å². The second kappa shape index (κ2) is 5.46. The summed E-state index contributed by atoms with van der Waals surface area (Å²) in [5.74, 6) is 1.64. The van der Waals surface area contributed by atoms with Crippen molar-refractivity contribution in [2.45, 2.75) is 6.92 Å². The molecule has 0 radical (unpaired) electrons. The van der Waals surface area contributed by atoms with E-state index in [1.165, 1.54) is 5.56 Å². The van der Waals surface area contributed by atoms with E-state index in [-0.39, 0.29) is 0 Å². The van der Waals surface area contributed by atoms with Gasteiger partial charge in [0.2, 0.25) is 0 Å². The van der Waals surface area contributed by atoms with E-state index in [9.17, 15) is 0 Å². The van der Waals surface area contributed by atoms with E-state index in [0.717, 1.165) is 44.8 Å². The number of aryl methyl sites for hydroxylation is 1. The Balaban J connectivity index is 1.70. The van der Waals surface area contributed by atoms with Gasteiger partial charge >= 0.3 is 0 Å². The number of benzene rings is 3. The molecule has 0 spiro atoms. The lowest BCUT2D eigenvalue weighted by Gasteiger charge is -2.04. The average molecular weight is 339 g/mol. The predicted molar refractivity (Wildman–Crippen MR) is 106 cm³/mol. The van der Waals surface area contributed by atoms with Crippen molar-refractivity contribution < 1.29 is 0 Å². The molecule has 5 aromatic rings. The van der Waals surface area contributed by atoms with Crippen LogP contribution in [-0.2, 0) is 0 Å². The summed E-state index contributed by atoms with van der Waals surface area (Å²) in [6, 6.07) is 20.0. The molecule has 0 saturated carbocycles. The molecule has 0 aliphatic heterocycles. The fourth-order valence-corrected chi connectivity index (χ4v) is 3.30. The molecule has 3 aromatic carbocycles. The maximum Gasteiger partial charge on any atom is 0.139 e. The van der Waals surface area contributed by atoms with Gasteiger partial charge in [-0.3, -0.25) is 0 Å². The molecule has 0 aliphatic carbocycles. The monoisotopic (exact) mass is 339 g/mol. The maximum absolute atomic E-state index is 5.89. The van der Waals surface area contributed by atoms with E-state index >= 15 is 0 Å². The van der Waals surface area contributed by atoms with Crippen molar-refractivity contribution in [2.24, 2.45) is 0 Å². The van der Waals surface area contributed by atoms with Crippen LogP contribution in [0.2, 0.25) is 0 Å². The van der Waals surface area contributed by atoms with E-state index in [1.54, 1.807) is 0 Å². The van der Waals surface area contributed by atoms with Crippen LogP contribution in [0.4, 0.5) is 5.69 Å². The Bertz CT molecular complexity index is 1160. The van der Waals surface area contributed by atoms with E-state index in [1.807, 2.05) is 36.4 Å². The Morgan fingerprint density at radius 3 is 1.96 bits per heavy atom. The van der Waals surface area contributed by atoms with Crippen LogP contribution in [0, 0.1) is 6.92 Å². The number of nitrogen functional groups attached to an aromatic ring is 1. The molecule has 0 amide bonds.